The third-order valence-electron chi connectivity index (χ3n) is 5.01. The molecule has 0 saturated heterocycles. The van der Waals surface area contributed by atoms with Crippen molar-refractivity contribution in [2.24, 2.45) is 0 Å². The van der Waals surface area contributed by atoms with Crippen LogP contribution in [0.3, 0.4) is 0 Å². The quantitative estimate of drug-likeness (QED) is 0.536. The van der Waals surface area contributed by atoms with Gasteiger partial charge in [0.15, 0.2) is 0 Å². The third kappa shape index (κ3) is 7.93. The van der Waals surface area contributed by atoms with E-state index in [4.69, 9.17) is 11.6 Å². The van der Waals surface area contributed by atoms with Crippen molar-refractivity contribution < 1.29 is 18.0 Å². The van der Waals surface area contributed by atoms with E-state index in [0.717, 1.165) is 28.1 Å². The lowest BCUT2D eigenvalue weighted by Gasteiger charge is -2.32. The Morgan fingerprint density at radius 1 is 1.03 bits per heavy atom. The zero-order valence-corrected chi connectivity index (χ0v) is 20.2. The summed E-state index contributed by atoms with van der Waals surface area (Å²) < 4.78 is 24.7. The summed E-state index contributed by atoms with van der Waals surface area (Å²) in [5, 5.41) is 3.44. The Hall–Kier alpha value is -2.42. The van der Waals surface area contributed by atoms with Crippen LogP contribution in [0.25, 0.3) is 0 Å². The first-order valence-electron chi connectivity index (χ1n) is 10.4. The Bertz CT molecular complexity index is 998. The Kier molecular flexibility index (Phi) is 9.68. The number of nitrogens with one attached hydrogen (secondary N) is 1. The Morgan fingerprint density at radius 3 is 2.22 bits per heavy atom. The lowest BCUT2D eigenvalue weighted by Crippen LogP contribution is -2.53. The molecule has 2 amide bonds. The van der Waals surface area contributed by atoms with E-state index in [2.05, 4.69) is 5.32 Å². The van der Waals surface area contributed by atoms with Crippen molar-refractivity contribution in [2.45, 2.75) is 32.4 Å². The summed E-state index contributed by atoms with van der Waals surface area (Å²) in [5.41, 5.74) is 1.68. The fourth-order valence-corrected chi connectivity index (χ4v) is 3.58. The molecule has 0 unspecified atom stereocenters. The summed E-state index contributed by atoms with van der Waals surface area (Å²) in [6.45, 7) is 2.21. The SMILES string of the molecule is CCCNC(=O)[C@H](Cc1ccccc1)N(Cc1ccc(Cl)cc1)C(=O)CN(C)S(C)(=O)=O. The van der Waals surface area contributed by atoms with Crippen molar-refractivity contribution in [3.63, 3.8) is 0 Å². The van der Waals surface area contributed by atoms with Crippen molar-refractivity contribution in [1.29, 1.82) is 0 Å². The Labute approximate surface area is 195 Å². The highest BCUT2D eigenvalue weighted by Gasteiger charge is 2.31. The molecule has 0 aromatic heterocycles. The van der Waals surface area contributed by atoms with Crippen LogP contribution in [0.15, 0.2) is 54.6 Å². The number of amides is 2. The molecule has 1 N–H and O–H groups in total. The molecule has 0 aliphatic rings. The number of carbonyl (C=O) groups excluding carboxylic acids is 2. The summed E-state index contributed by atoms with van der Waals surface area (Å²) in [7, 11) is -2.22. The number of benzene rings is 2. The molecule has 0 fully saturated rings. The second-order valence-corrected chi connectivity index (χ2v) is 10.2. The summed E-state index contributed by atoms with van der Waals surface area (Å²) in [4.78, 5) is 27.9. The first-order valence-corrected chi connectivity index (χ1v) is 12.6. The Balaban J connectivity index is 2.41. The fourth-order valence-electron chi connectivity index (χ4n) is 3.11. The first-order chi connectivity index (χ1) is 15.1. The van der Waals surface area contributed by atoms with Gasteiger partial charge in [-0.3, -0.25) is 9.59 Å². The van der Waals surface area contributed by atoms with E-state index in [1.54, 1.807) is 24.3 Å². The lowest BCUT2D eigenvalue weighted by molar-refractivity contribution is -0.141. The normalized spacial score (nSPS) is 12.4. The van der Waals surface area contributed by atoms with Crippen LogP contribution in [0.5, 0.6) is 0 Å². The molecule has 1 atom stereocenters. The van der Waals surface area contributed by atoms with Gasteiger partial charge in [0.05, 0.1) is 12.8 Å². The second-order valence-electron chi connectivity index (χ2n) is 7.66. The average Bonchev–Trinajstić information content (AvgIpc) is 2.75. The van der Waals surface area contributed by atoms with Gasteiger partial charge >= 0.3 is 0 Å². The van der Waals surface area contributed by atoms with E-state index in [-0.39, 0.29) is 19.0 Å². The maximum Gasteiger partial charge on any atom is 0.243 e. The van der Waals surface area contributed by atoms with Gasteiger partial charge in [-0.2, -0.15) is 4.31 Å². The minimum atomic E-state index is -3.56. The predicted molar refractivity (Wildman–Crippen MR) is 127 cm³/mol. The maximum atomic E-state index is 13.3. The molecule has 174 valence electrons. The van der Waals surface area contributed by atoms with Crippen molar-refractivity contribution in [2.75, 3.05) is 26.4 Å². The van der Waals surface area contributed by atoms with E-state index in [9.17, 15) is 18.0 Å². The summed E-state index contributed by atoms with van der Waals surface area (Å²) >= 11 is 5.99. The summed E-state index contributed by atoms with van der Waals surface area (Å²) in [6.07, 6.45) is 2.10. The van der Waals surface area contributed by atoms with E-state index in [1.807, 2.05) is 37.3 Å². The van der Waals surface area contributed by atoms with Crippen LogP contribution in [0, 0.1) is 0 Å². The molecule has 32 heavy (non-hydrogen) atoms. The number of rotatable bonds is 11. The molecule has 7 nitrogen and oxygen atoms in total. The average molecular weight is 480 g/mol. The van der Waals surface area contributed by atoms with Gasteiger partial charge in [-0.1, -0.05) is 61.0 Å². The van der Waals surface area contributed by atoms with Gasteiger partial charge < -0.3 is 10.2 Å². The smallest absolute Gasteiger partial charge is 0.243 e. The van der Waals surface area contributed by atoms with Crippen molar-refractivity contribution >= 4 is 33.4 Å². The molecule has 0 bridgehead atoms. The van der Waals surface area contributed by atoms with E-state index < -0.39 is 22.0 Å². The van der Waals surface area contributed by atoms with Gasteiger partial charge in [0.25, 0.3) is 0 Å². The highest BCUT2D eigenvalue weighted by Crippen LogP contribution is 2.17. The number of carbonyl (C=O) groups is 2. The summed E-state index contributed by atoms with van der Waals surface area (Å²) in [5.74, 6) is -0.736. The molecule has 0 aliphatic carbocycles. The molecule has 0 saturated carbocycles. The molecular weight excluding hydrogens is 450 g/mol. The number of hydrogen-bond donors (Lipinski definition) is 1. The highest BCUT2D eigenvalue weighted by molar-refractivity contribution is 7.88. The van der Waals surface area contributed by atoms with Gasteiger partial charge in [-0.25, -0.2) is 8.42 Å². The predicted octanol–water partition coefficient (Wildman–Crippen LogP) is 2.70. The minimum absolute atomic E-state index is 0.144. The van der Waals surface area contributed by atoms with Crippen molar-refractivity contribution in [3.8, 4) is 0 Å². The molecule has 0 aliphatic heterocycles. The summed E-state index contributed by atoms with van der Waals surface area (Å²) in [6, 6.07) is 15.6. The number of sulfonamides is 1. The van der Waals surface area contributed by atoms with Crippen LogP contribution in [0.1, 0.15) is 24.5 Å². The van der Waals surface area contributed by atoms with Gasteiger partial charge in [-0.05, 0) is 29.7 Å². The van der Waals surface area contributed by atoms with E-state index >= 15 is 0 Å². The van der Waals surface area contributed by atoms with Crippen LogP contribution in [-0.4, -0.2) is 61.9 Å². The van der Waals surface area contributed by atoms with E-state index in [0.29, 0.717) is 18.0 Å². The molecule has 2 rings (SSSR count). The number of likely N-dealkylation sites (N-methyl/N-ethyl adjacent to an activating group) is 1. The topological polar surface area (TPSA) is 86.8 Å². The van der Waals surface area contributed by atoms with E-state index in [1.165, 1.54) is 11.9 Å². The first kappa shape index (κ1) is 25.8. The fraction of sp³-hybridized carbons (Fsp3) is 0.391. The standard InChI is InChI=1S/C23H30ClN3O4S/c1-4-14-25-23(29)21(15-18-8-6-5-7-9-18)27(16-19-10-12-20(24)13-11-19)22(28)17-26(2)32(3,30)31/h5-13,21H,4,14-17H2,1-3H3,(H,25,29)/t21-/m0/s1. The minimum Gasteiger partial charge on any atom is -0.354 e. The largest absolute Gasteiger partial charge is 0.354 e. The van der Waals surface area contributed by atoms with Crippen LogP contribution >= 0.6 is 11.6 Å². The zero-order valence-electron chi connectivity index (χ0n) is 18.6. The van der Waals surface area contributed by atoms with Gasteiger partial charge in [-0.15, -0.1) is 0 Å². The lowest BCUT2D eigenvalue weighted by atomic mass is 10.0. The van der Waals surface area contributed by atoms with Crippen LogP contribution < -0.4 is 5.32 Å². The Morgan fingerprint density at radius 2 is 1.66 bits per heavy atom. The van der Waals surface area contributed by atoms with Gasteiger partial charge in [0.2, 0.25) is 21.8 Å². The monoisotopic (exact) mass is 479 g/mol. The van der Waals surface area contributed by atoms with Crippen molar-refractivity contribution in [1.82, 2.24) is 14.5 Å². The van der Waals surface area contributed by atoms with Crippen molar-refractivity contribution in [3.05, 3.63) is 70.7 Å². The van der Waals surface area contributed by atoms with Crippen LogP contribution in [0.4, 0.5) is 0 Å². The molecule has 9 heteroatoms. The number of nitrogens with zero attached hydrogens (tertiary/aromatic N) is 2. The number of halogens is 1. The second kappa shape index (κ2) is 12.0. The third-order valence-corrected chi connectivity index (χ3v) is 6.52. The zero-order chi connectivity index (χ0) is 23.7. The highest BCUT2D eigenvalue weighted by atomic mass is 35.5. The van der Waals surface area contributed by atoms with Gasteiger partial charge in [0.1, 0.15) is 6.04 Å². The number of hydrogen-bond acceptors (Lipinski definition) is 4. The molecule has 0 radical (unpaired) electrons. The van der Waals surface area contributed by atoms with Crippen LogP contribution in [0.2, 0.25) is 5.02 Å². The maximum absolute atomic E-state index is 13.3. The molecule has 2 aromatic carbocycles. The van der Waals surface area contributed by atoms with Crippen LogP contribution in [-0.2, 0) is 32.6 Å². The molecule has 0 heterocycles. The molecular formula is C23H30ClN3O4S. The van der Waals surface area contributed by atoms with Gasteiger partial charge in [0, 0.05) is 31.6 Å². The molecule has 2 aromatic rings. The molecule has 0 spiro atoms.